The van der Waals surface area contributed by atoms with Crippen molar-refractivity contribution in [2.45, 2.75) is 25.2 Å². The number of methoxy groups -OCH3 is 1. The molecule has 0 aliphatic heterocycles. The summed E-state index contributed by atoms with van der Waals surface area (Å²) in [6.07, 6.45) is 3.68. The molecule has 4 aromatic carbocycles. The van der Waals surface area contributed by atoms with Crippen LogP contribution in [-0.2, 0) is 0 Å². The number of hydrogen-bond donors (Lipinski definition) is 0. The van der Waals surface area contributed by atoms with Crippen LogP contribution in [0.25, 0.3) is 10.8 Å². The number of ether oxygens (including phenoxy) is 3. The molecule has 1 saturated carbocycles. The zero-order valence-corrected chi connectivity index (χ0v) is 18.8. The monoisotopic (exact) mass is 452 g/mol. The highest BCUT2D eigenvalue weighted by Gasteiger charge is 2.20. The van der Waals surface area contributed by atoms with Gasteiger partial charge in [0, 0.05) is 0 Å². The summed E-state index contributed by atoms with van der Waals surface area (Å²) in [7, 11) is 1.56. The Morgan fingerprint density at radius 1 is 0.706 bits per heavy atom. The Labute approximate surface area is 197 Å². The smallest absolute Gasteiger partial charge is 0.343 e. The maximum atomic E-state index is 12.9. The van der Waals surface area contributed by atoms with Gasteiger partial charge in [0.05, 0.1) is 23.6 Å². The van der Waals surface area contributed by atoms with E-state index in [0.717, 1.165) is 5.39 Å². The van der Waals surface area contributed by atoms with E-state index in [1.165, 1.54) is 24.8 Å². The van der Waals surface area contributed by atoms with Crippen molar-refractivity contribution in [2.75, 3.05) is 7.11 Å². The lowest BCUT2D eigenvalue weighted by molar-refractivity contribution is 0.0735. The zero-order valence-electron chi connectivity index (χ0n) is 18.8. The van der Waals surface area contributed by atoms with Crippen molar-refractivity contribution in [1.29, 1.82) is 0 Å². The van der Waals surface area contributed by atoms with Crippen LogP contribution in [0.1, 0.15) is 51.5 Å². The van der Waals surface area contributed by atoms with E-state index in [-0.39, 0.29) is 0 Å². The Bertz CT molecular complexity index is 1330. The van der Waals surface area contributed by atoms with Gasteiger partial charge in [0.2, 0.25) is 0 Å². The van der Waals surface area contributed by atoms with E-state index in [0.29, 0.717) is 39.7 Å². The third-order valence-electron chi connectivity index (χ3n) is 6.28. The Kier molecular flexibility index (Phi) is 6.00. The number of fused-ring (bicyclic) bond motifs is 1. The van der Waals surface area contributed by atoms with Crippen molar-refractivity contribution < 1.29 is 23.8 Å². The Morgan fingerprint density at radius 2 is 1.24 bits per heavy atom. The standard InChI is InChI=1S/C29H24O5/c1-32-24-17-15-23(16-18-24)29(31)34-26-10-4-8-21-7-3-9-25(27(21)26)33-28(30)22-13-11-20(12-14-22)19-5-2-6-19/h3-4,7-19H,2,5-6H2,1H3. The normalized spacial score (nSPS) is 13.2. The Morgan fingerprint density at radius 3 is 1.71 bits per heavy atom. The van der Waals surface area contributed by atoms with E-state index in [9.17, 15) is 9.59 Å². The number of esters is 2. The fourth-order valence-corrected chi connectivity index (χ4v) is 4.12. The molecule has 1 aliphatic carbocycles. The summed E-state index contributed by atoms with van der Waals surface area (Å²) in [5, 5.41) is 1.36. The molecule has 0 unspecified atom stereocenters. The summed E-state index contributed by atoms with van der Waals surface area (Å²) in [5.74, 6) is 0.945. The average molecular weight is 453 g/mol. The minimum absolute atomic E-state index is 0.321. The minimum atomic E-state index is -0.511. The summed E-state index contributed by atoms with van der Waals surface area (Å²) in [5.41, 5.74) is 2.13. The molecule has 0 radical (unpaired) electrons. The molecule has 34 heavy (non-hydrogen) atoms. The van der Waals surface area contributed by atoms with Crippen molar-refractivity contribution in [1.82, 2.24) is 0 Å². The number of carbonyl (C=O) groups excluding carboxylic acids is 2. The van der Waals surface area contributed by atoms with Gasteiger partial charge >= 0.3 is 11.9 Å². The molecule has 0 amide bonds. The number of hydrogen-bond acceptors (Lipinski definition) is 5. The topological polar surface area (TPSA) is 61.8 Å². The van der Waals surface area contributed by atoms with Gasteiger partial charge in [-0.25, -0.2) is 9.59 Å². The van der Waals surface area contributed by atoms with E-state index in [2.05, 4.69) is 0 Å². The lowest BCUT2D eigenvalue weighted by atomic mass is 9.80. The van der Waals surface area contributed by atoms with Crippen LogP contribution in [0.15, 0.2) is 84.9 Å². The molecule has 0 heterocycles. The minimum Gasteiger partial charge on any atom is -0.497 e. The van der Waals surface area contributed by atoms with Gasteiger partial charge in [0.1, 0.15) is 17.2 Å². The average Bonchev–Trinajstić information content (AvgIpc) is 2.83. The Hall–Kier alpha value is -4.12. The first-order valence-corrected chi connectivity index (χ1v) is 11.3. The van der Waals surface area contributed by atoms with Gasteiger partial charge in [-0.05, 0) is 78.2 Å². The molecule has 170 valence electrons. The van der Waals surface area contributed by atoms with Crippen LogP contribution in [0.2, 0.25) is 0 Å². The van der Waals surface area contributed by atoms with Gasteiger partial charge in [0.15, 0.2) is 0 Å². The van der Waals surface area contributed by atoms with Crippen LogP contribution < -0.4 is 14.2 Å². The molecular formula is C29H24O5. The van der Waals surface area contributed by atoms with Crippen LogP contribution >= 0.6 is 0 Å². The molecule has 1 fully saturated rings. The summed E-state index contributed by atoms with van der Waals surface area (Å²) < 4.78 is 16.6. The van der Waals surface area contributed by atoms with E-state index in [4.69, 9.17) is 14.2 Å². The molecule has 0 N–H and O–H groups in total. The Balaban J connectivity index is 1.40. The summed E-state index contributed by atoms with van der Waals surface area (Å²) in [6.45, 7) is 0. The van der Waals surface area contributed by atoms with Crippen LogP contribution in [0.5, 0.6) is 17.2 Å². The summed E-state index contributed by atoms with van der Waals surface area (Å²) >= 11 is 0. The van der Waals surface area contributed by atoms with Gasteiger partial charge in [-0.3, -0.25) is 0 Å². The number of benzene rings is 4. The molecular weight excluding hydrogens is 428 g/mol. The number of carbonyl (C=O) groups is 2. The molecule has 0 saturated heterocycles. The van der Waals surface area contributed by atoms with Crippen molar-refractivity contribution in [3.05, 3.63) is 102 Å². The highest BCUT2D eigenvalue weighted by Crippen LogP contribution is 2.37. The maximum Gasteiger partial charge on any atom is 0.343 e. The highest BCUT2D eigenvalue weighted by molar-refractivity contribution is 6.00. The first-order chi connectivity index (χ1) is 16.6. The van der Waals surface area contributed by atoms with Crippen molar-refractivity contribution in [3.8, 4) is 17.2 Å². The second-order valence-corrected chi connectivity index (χ2v) is 8.37. The van der Waals surface area contributed by atoms with E-state index in [1.54, 1.807) is 55.6 Å². The molecule has 1 aliphatic rings. The van der Waals surface area contributed by atoms with Crippen molar-refractivity contribution >= 4 is 22.7 Å². The molecule has 5 rings (SSSR count). The zero-order chi connectivity index (χ0) is 23.5. The fraction of sp³-hybridized carbons (Fsp3) is 0.172. The van der Waals surface area contributed by atoms with Gasteiger partial charge in [-0.1, -0.05) is 42.8 Å². The predicted octanol–water partition coefficient (Wildman–Crippen LogP) is 6.55. The first-order valence-electron chi connectivity index (χ1n) is 11.3. The first kappa shape index (κ1) is 21.7. The predicted molar refractivity (Wildman–Crippen MR) is 130 cm³/mol. The maximum absolute atomic E-state index is 12.9. The lowest BCUT2D eigenvalue weighted by Crippen LogP contribution is -2.12. The molecule has 4 aromatic rings. The van der Waals surface area contributed by atoms with Crippen LogP contribution in [-0.4, -0.2) is 19.0 Å². The third kappa shape index (κ3) is 4.37. The third-order valence-corrected chi connectivity index (χ3v) is 6.28. The van der Waals surface area contributed by atoms with Gasteiger partial charge in [-0.15, -0.1) is 0 Å². The van der Waals surface area contributed by atoms with Gasteiger partial charge in [0.25, 0.3) is 0 Å². The SMILES string of the molecule is COc1ccc(C(=O)Oc2cccc3cccc(OC(=O)c4ccc(C5CCC5)cc4)c23)cc1. The molecule has 0 bridgehead atoms. The lowest BCUT2D eigenvalue weighted by Gasteiger charge is -2.25. The van der Waals surface area contributed by atoms with Gasteiger partial charge < -0.3 is 14.2 Å². The van der Waals surface area contributed by atoms with E-state index in [1.807, 2.05) is 36.4 Å². The number of rotatable bonds is 6. The van der Waals surface area contributed by atoms with E-state index >= 15 is 0 Å². The second kappa shape index (κ2) is 9.40. The van der Waals surface area contributed by atoms with Crippen LogP contribution in [0.3, 0.4) is 0 Å². The van der Waals surface area contributed by atoms with Crippen LogP contribution in [0, 0.1) is 0 Å². The molecule has 0 aromatic heterocycles. The highest BCUT2D eigenvalue weighted by atomic mass is 16.5. The second-order valence-electron chi connectivity index (χ2n) is 8.37. The quantitative estimate of drug-likeness (QED) is 0.245. The molecule has 0 atom stereocenters. The molecule has 5 heteroatoms. The summed E-state index contributed by atoms with van der Waals surface area (Å²) in [4.78, 5) is 25.7. The van der Waals surface area contributed by atoms with Crippen LogP contribution in [0.4, 0.5) is 0 Å². The fourth-order valence-electron chi connectivity index (χ4n) is 4.12. The largest absolute Gasteiger partial charge is 0.497 e. The molecule has 5 nitrogen and oxygen atoms in total. The van der Waals surface area contributed by atoms with Gasteiger partial charge in [-0.2, -0.15) is 0 Å². The van der Waals surface area contributed by atoms with Crippen molar-refractivity contribution in [2.24, 2.45) is 0 Å². The van der Waals surface area contributed by atoms with E-state index < -0.39 is 11.9 Å². The molecule has 0 spiro atoms. The van der Waals surface area contributed by atoms with Crippen molar-refractivity contribution in [3.63, 3.8) is 0 Å². The summed E-state index contributed by atoms with van der Waals surface area (Å²) in [6, 6.07) is 25.1.